The molecule has 0 aliphatic rings. The van der Waals surface area contributed by atoms with Crippen molar-refractivity contribution >= 4 is 17.7 Å². The summed E-state index contributed by atoms with van der Waals surface area (Å²) in [7, 11) is 1.49. The van der Waals surface area contributed by atoms with Crippen LogP contribution < -0.4 is 4.74 Å². The maximum absolute atomic E-state index is 11.3. The SMILES string of the molecule is COc1ccc(Sc2ccccc2CO)c(C(=O)O)c1. The Morgan fingerprint density at radius 2 is 1.95 bits per heavy atom. The molecule has 104 valence electrons. The topological polar surface area (TPSA) is 66.8 Å². The van der Waals surface area contributed by atoms with E-state index in [-0.39, 0.29) is 12.2 Å². The lowest BCUT2D eigenvalue weighted by Gasteiger charge is -2.10. The number of carbonyl (C=O) groups is 1. The zero-order valence-electron chi connectivity index (χ0n) is 10.9. The van der Waals surface area contributed by atoms with Crippen molar-refractivity contribution in [3.8, 4) is 5.75 Å². The van der Waals surface area contributed by atoms with Crippen molar-refractivity contribution in [2.24, 2.45) is 0 Å². The van der Waals surface area contributed by atoms with Gasteiger partial charge in [-0.2, -0.15) is 0 Å². The summed E-state index contributed by atoms with van der Waals surface area (Å²) in [6.45, 7) is -0.0816. The highest BCUT2D eigenvalue weighted by Gasteiger charge is 2.14. The number of carboxylic acid groups (broad SMARTS) is 1. The van der Waals surface area contributed by atoms with Crippen molar-refractivity contribution in [1.29, 1.82) is 0 Å². The van der Waals surface area contributed by atoms with E-state index in [9.17, 15) is 15.0 Å². The average Bonchev–Trinajstić information content (AvgIpc) is 2.48. The van der Waals surface area contributed by atoms with Gasteiger partial charge in [0.05, 0.1) is 19.3 Å². The Kier molecular flexibility index (Phi) is 4.65. The third-order valence-corrected chi connectivity index (χ3v) is 3.97. The van der Waals surface area contributed by atoms with Crippen molar-refractivity contribution in [2.75, 3.05) is 7.11 Å². The van der Waals surface area contributed by atoms with Crippen LogP contribution in [0.2, 0.25) is 0 Å². The van der Waals surface area contributed by atoms with Crippen LogP contribution in [0.1, 0.15) is 15.9 Å². The fourth-order valence-electron chi connectivity index (χ4n) is 1.74. The van der Waals surface area contributed by atoms with Crippen LogP contribution in [0.4, 0.5) is 0 Å². The summed E-state index contributed by atoms with van der Waals surface area (Å²) in [5.74, 6) is -0.505. The third kappa shape index (κ3) is 3.12. The normalized spacial score (nSPS) is 10.3. The van der Waals surface area contributed by atoms with E-state index in [1.807, 2.05) is 24.3 Å². The van der Waals surface area contributed by atoms with Gasteiger partial charge in [-0.25, -0.2) is 4.79 Å². The number of hydrogen-bond acceptors (Lipinski definition) is 4. The molecule has 0 saturated carbocycles. The van der Waals surface area contributed by atoms with Gasteiger partial charge in [0.1, 0.15) is 5.75 Å². The first-order valence-electron chi connectivity index (χ1n) is 5.93. The molecule has 4 nitrogen and oxygen atoms in total. The summed E-state index contributed by atoms with van der Waals surface area (Å²) in [4.78, 5) is 12.8. The van der Waals surface area contributed by atoms with Crippen LogP contribution in [0.5, 0.6) is 5.75 Å². The Morgan fingerprint density at radius 1 is 1.20 bits per heavy atom. The molecule has 0 spiro atoms. The lowest BCUT2D eigenvalue weighted by Crippen LogP contribution is -2.00. The number of aliphatic hydroxyl groups excluding tert-OH is 1. The second-order valence-corrected chi connectivity index (χ2v) is 5.12. The molecule has 0 bridgehead atoms. The number of aromatic carboxylic acids is 1. The van der Waals surface area contributed by atoms with Crippen LogP contribution in [-0.4, -0.2) is 23.3 Å². The van der Waals surface area contributed by atoms with Crippen LogP contribution in [0, 0.1) is 0 Å². The molecule has 2 aromatic rings. The number of aliphatic hydroxyl groups is 1. The van der Waals surface area contributed by atoms with Gasteiger partial charge in [-0.1, -0.05) is 30.0 Å². The molecule has 0 amide bonds. The van der Waals surface area contributed by atoms with E-state index in [1.165, 1.54) is 24.9 Å². The number of ether oxygens (including phenoxy) is 1. The summed E-state index contributed by atoms with van der Waals surface area (Å²) in [5, 5.41) is 18.6. The van der Waals surface area contributed by atoms with Gasteiger partial charge in [0.2, 0.25) is 0 Å². The minimum atomic E-state index is -1.01. The molecule has 0 saturated heterocycles. The number of carboxylic acids is 1. The third-order valence-electron chi connectivity index (χ3n) is 2.78. The van der Waals surface area contributed by atoms with Crippen LogP contribution in [0.3, 0.4) is 0 Å². The molecule has 0 heterocycles. The molecule has 0 fully saturated rings. The van der Waals surface area contributed by atoms with Crippen molar-refractivity contribution in [1.82, 2.24) is 0 Å². The molecule has 2 N–H and O–H groups in total. The van der Waals surface area contributed by atoms with Crippen molar-refractivity contribution in [3.63, 3.8) is 0 Å². The van der Waals surface area contributed by atoms with Crippen LogP contribution in [0.25, 0.3) is 0 Å². The summed E-state index contributed by atoms with van der Waals surface area (Å²) >= 11 is 1.32. The molecular formula is C15H14O4S. The summed E-state index contributed by atoms with van der Waals surface area (Å²) < 4.78 is 5.04. The average molecular weight is 290 g/mol. The van der Waals surface area contributed by atoms with Crippen LogP contribution in [-0.2, 0) is 6.61 Å². The van der Waals surface area contributed by atoms with Crippen molar-refractivity contribution in [2.45, 2.75) is 16.4 Å². The van der Waals surface area contributed by atoms with Gasteiger partial charge in [0.25, 0.3) is 0 Å². The van der Waals surface area contributed by atoms with Gasteiger partial charge < -0.3 is 14.9 Å². The lowest BCUT2D eigenvalue weighted by molar-refractivity contribution is 0.0692. The molecule has 0 aliphatic heterocycles. The molecule has 0 aromatic heterocycles. The smallest absolute Gasteiger partial charge is 0.336 e. The first-order chi connectivity index (χ1) is 9.65. The van der Waals surface area contributed by atoms with E-state index >= 15 is 0 Å². The molecule has 20 heavy (non-hydrogen) atoms. The minimum Gasteiger partial charge on any atom is -0.497 e. The summed E-state index contributed by atoms with van der Waals surface area (Å²) in [5.41, 5.74) is 0.951. The molecule has 5 heteroatoms. The molecule has 0 unspecified atom stereocenters. The van der Waals surface area contributed by atoms with E-state index in [2.05, 4.69) is 0 Å². The summed E-state index contributed by atoms with van der Waals surface area (Å²) in [6, 6.07) is 12.3. The Hall–Kier alpha value is -1.98. The van der Waals surface area contributed by atoms with E-state index in [1.54, 1.807) is 12.1 Å². The van der Waals surface area contributed by atoms with Gasteiger partial charge in [-0.3, -0.25) is 0 Å². The van der Waals surface area contributed by atoms with Crippen LogP contribution in [0.15, 0.2) is 52.3 Å². The van der Waals surface area contributed by atoms with E-state index in [4.69, 9.17) is 4.74 Å². The highest BCUT2D eigenvalue weighted by Crippen LogP contribution is 2.34. The second kappa shape index (κ2) is 6.45. The number of hydrogen-bond donors (Lipinski definition) is 2. The predicted molar refractivity (Wildman–Crippen MR) is 76.4 cm³/mol. The van der Waals surface area contributed by atoms with Gasteiger partial charge in [-0.05, 0) is 29.8 Å². The largest absolute Gasteiger partial charge is 0.497 e. The second-order valence-electron chi connectivity index (χ2n) is 4.04. The summed E-state index contributed by atoms with van der Waals surface area (Å²) in [6.07, 6.45) is 0. The van der Waals surface area contributed by atoms with E-state index < -0.39 is 5.97 Å². The molecule has 2 rings (SSSR count). The molecule has 0 atom stereocenters. The number of rotatable bonds is 5. The predicted octanol–water partition coefficient (Wildman–Crippen LogP) is 3.04. The van der Waals surface area contributed by atoms with Crippen molar-refractivity contribution < 1.29 is 19.7 Å². The highest BCUT2D eigenvalue weighted by atomic mass is 32.2. The zero-order valence-corrected chi connectivity index (χ0v) is 11.7. The molecule has 0 aliphatic carbocycles. The first kappa shape index (κ1) is 14.4. The lowest BCUT2D eigenvalue weighted by atomic mass is 10.2. The molecule has 0 radical (unpaired) electrons. The number of benzene rings is 2. The quantitative estimate of drug-likeness (QED) is 0.886. The highest BCUT2D eigenvalue weighted by molar-refractivity contribution is 7.99. The monoisotopic (exact) mass is 290 g/mol. The van der Waals surface area contributed by atoms with E-state index in [0.29, 0.717) is 10.6 Å². The molecule has 2 aromatic carbocycles. The minimum absolute atomic E-state index is 0.0816. The van der Waals surface area contributed by atoms with Crippen molar-refractivity contribution in [3.05, 3.63) is 53.6 Å². The van der Waals surface area contributed by atoms with Gasteiger partial charge in [-0.15, -0.1) is 0 Å². The zero-order chi connectivity index (χ0) is 14.5. The number of methoxy groups -OCH3 is 1. The van der Waals surface area contributed by atoms with Gasteiger partial charge >= 0.3 is 5.97 Å². The van der Waals surface area contributed by atoms with Crippen LogP contribution >= 0.6 is 11.8 Å². The first-order valence-corrected chi connectivity index (χ1v) is 6.75. The Balaban J connectivity index is 2.40. The maximum atomic E-state index is 11.3. The Morgan fingerprint density at radius 3 is 2.60 bits per heavy atom. The Labute approximate surface area is 121 Å². The maximum Gasteiger partial charge on any atom is 0.336 e. The van der Waals surface area contributed by atoms with Gasteiger partial charge in [0.15, 0.2) is 0 Å². The van der Waals surface area contributed by atoms with Gasteiger partial charge in [0, 0.05) is 9.79 Å². The fourth-order valence-corrected chi connectivity index (χ4v) is 2.78. The molecular weight excluding hydrogens is 276 g/mol. The Bertz CT molecular complexity index is 625. The van der Waals surface area contributed by atoms with E-state index in [0.717, 1.165) is 10.5 Å². The fraction of sp³-hybridized carbons (Fsp3) is 0.133. The standard InChI is InChI=1S/C15H14O4S/c1-19-11-6-7-14(12(8-11)15(17)18)20-13-5-3-2-4-10(13)9-16/h2-8,16H,9H2,1H3,(H,17,18).